The minimum Gasteiger partial charge on any atom is -0.496 e. The van der Waals surface area contributed by atoms with Crippen molar-refractivity contribution in [1.82, 2.24) is 5.32 Å². The molecule has 2 amide bonds. The zero-order chi connectivity index (χ0) is 21.7. The second-order valence-electron chi connectivity index (χ2n) is 8.33. The van der Waals surface area contributed by atoms with Crippen molar-refractivity contribution in [2.45, 2.75) is 48.8 Å². The van der Waals surface area contributed by atoms with Crippen LogP contribution in [0.15, 0.2) is 53.4 Å². The largest absolute Gasteiger partial charge is 0.496 e. The fraction of sp³-hybridized carbons (Fsp3) is 0.440. The lowest BCUT2D eigenvalue weighted by Gasteiger charge is -2.31. The molecule has 0 radical (unpaired) electrons. The summed E-state index contributed by atoms with van der Waals surface area (Å²) in [6.07, 6.45) is 4.82. The number of amides is 2. The van der Waals surface area contributed by atoms with E-state index in [1.54, 1.807) is 18.9 Å². The van der Waals surface area contributed by atoms with Crippen LogP contribution in [0, 0.1) is 0 Å². The average Bonchev–Trinajstić information content (AvgIpc) is 3.31. The van der Waals surface area contributed by atoms with E-state index in [1.807, 2.05) is 47.4 Å². The number of fused-ring (bicyclic) bond motifs is 1. The van der Waals surface area contributed by atoms with Crippen LogP contribution in [0.2, 0.25) is 0 Å². The highest BCUT2D eigenvalue weighted by atomic mass is 32.2. The number of nitrogens with one attached hydrogen (secondary N) is 1. The Kier molecular flexibility index (Phi) is 6.86. The summed E-state index contributed by atoms with van der Waals surface area (Å²) in [6, 6.07) is 16.1. The van der Waals surface area contributed by atoms with E-state index in [0.29, 0.717) is 13.1 Å². The highest BCUT2D eigenvalue weighted by Gasteiger charge is 2.38. The summed E-state index contributed by atoms with van der Waals surface area (Å²) in [7, 11) is 1.70. The molecule has 2 aromatic rings. The number of nitrogens with zero attached hydrogens (tertiary/aromatic N) is 1. The second kappa shape index (κ2) is 9.77. The highest BCUT2D eigenvalue weighted by molar-refractivity contribution is 7.99. The Bertz CT molecular complexity index is 940. The quantitative estimate of drug-likeness (QED) is 0.689. The first-order valence-electron chi connectivity index (χ1n) is 11.1. The summed E-state index contributed by atoms with van der Waals surface area (Å²) >= 11 is 1.77. The van der Waals surface area contributed by atoms with Crippen molar-refractivity contribution in [2.75, 3.05) is 30.9 Å². The van der Waals surface area contributed by atoms with Crippen LogP contribution in [0.25, 0.3) is 0 Å². The molecule has 0 atom stereocenters. The molecule has 2 aromatic carbocycles. The van der Waals surface area contributed by atoms with E-state index in [4.69, 9.17) is 4.74 Å². The molecule has 2 aliphatic rings. The molecule has 4 rings (SSSR count). The van der Waals surface area contributed by atoms with Crippen LogP contribution < -0.4 is 15.0 Å². The van der Waals surface area contributed by atoms with Crippen molar-refractivity contribution in [3.8, 4) is 5.75 Å². The number of para-hydroxylation sites is 2. The molecule has 6 heteroatoms. The molecule has 0 unspecified atom stereocenters. The number of anilines is 1. The van der Waals surface area contributed by atoms with Gasteiger partial charge in [0.25, 0.3) is 0 Å². The van der Waals surface area contributed by atoms with Crippen molar-refractivity contribution in [3.63, 3.8) is 0 Å². The standard InChI is InChI=1S/C25H30N2O3S/c1-30-21-10-4-2-8-19(21)25(14-6-7-15-25)18-26-23(28)12-13-24(29)27-16-17-31-22-11-5-3-9-20(22)27/h2-5,8-11H,6-7,12-18H2,1H3,(H,26,28). The Morgan fingerprint density at radius 3 is 2.61 bits per heavy atom. The molecule has 0 spiro atoms. The molecule has 1 heterocycles. The third kappa shape index (κ3) is 4.74. The van der Waals surface area contributed by atoms with Gasteiger partial charge in [-0.15, -0.1) is 11.8 Å². The van der Waals surface area contributed by atoms with E-state index in [9.17, 15) is 9.59 Å². The number of carbonyl (C=O) groups is 2. The zero-order valence-electron chi connectivity index (χ0n) is 18.1. The van der Waals surface area contributed by atoms with Gasteiger partial charge in [0.2, 0.25) is 11.8 Å². The van der Waals surface area contributed by atoms with E-state index in [-0.39, 0.29) is 30.1 Å². The number of rotatable bonds is 7. The molecular formula is C25H30N2O3S. The van der Waals surface area contributed by atoms with Crippen LogP contribution in [0.1, 0.15) is 44.1 Å². The Hall–Kier alpha value is -2.47. The van der Waals surface area contributed by atoms with Gasteiger partial charge in [0.05, 0.1) is 12.8 Å². The summed E-state index contributed by atoms with van der Waals surface area (Å²) in [5, 5.41) is 3.12. The van der Waals surface area contributed by atoms with Gasteiger partial charge in [0.15, 0.2) is 0 Å². The normalized spacial score (nSPS) is 17.1. The maximum absolute atomic E-state index is 12.8. The van der Waals surface area contributed by atoms with Crippen molar-refractivity contribution < 1.29 is 14.3 Å². The number of ether oxygens (including phenoxy) is 1. The maximum atomic E-state index is 12.8. The smallest absolute Gasteiger partial charge is 0.227 e. The van der Waals surface area contributed by atoms with Gasteiger partial charge in [-0.3, -0.25) is 9.59 Å². The van der Waals surface area contributed by atoms with Gasteiger partial charge in [-0.2, -0.15) is 0 Å². The molecule has 164 valence electrons. The monoisotopic (exact) mass is 438 g/mol. The number of methoxy groups -OCH3 is 1. The van der Waals surface area contributed by atoms with Gasteiger partial charge < -0.3 is 15.0 Å². The fourth-order valence-electron chi connectivity index (χ4n) is 4.82. The predicted octanol–water partition coefficient (Wildman–Crippen LogP) is 4.54. The van der Waals surface area contributed by atoms with Crippen LogP contribution in [-0.4, -0.2) is 37.8 Å². The van der Waals surface area contributed by atoms with Crippen LogP contribution in [-0.2, 0) is 15.0 Å². The molecule has 0 bridgehead atoms. The molecule has 1 N–H and O–H groups in total. The van der Waals surface area contributed by atoms with Gasteiger partial charge in [-0.25, -0.2) is 0 Å². The molecule has 31 heavy (non-hydrogen) atoms. The third-order valence-electron chi connectivity index (χ3n) is 6.46. The van der Waals surface area contributed by atoms with Crippen molar-refractivity contribution in [2.24, 2.45) is 0 Å². The Morgan fingerprint density at radius 1 is 1.06 bits per heavy atom. The molecule has 1 fully saturated rings. The van der Waals surface area contributed by atoms with Crippen molar-refractivity contribution in [1.29, 1.82) is 0 Å². The lowest BCUT2D eigenvalue weighted by Crippen LogP contribution is -2.40. The number of benzene rings is 2. The summed E-state index contributed by atoms with van der Waals surface area (Å²) in [5.41, 5.74) is 2.05. The minimum absolute atomic E-state index is 0.0169. The maximum Gasteiger partial charge on any atom is 0.227 e. The van der Waals surface area contributed by atoms with E-state index in [2.05, 4.69) is 11.4 Å². The topological polar surface area (TPSA) is 58.6 Å². The molecule has 1 saturated carbocycles. The first-order valence-corrected chi connectivity index (χ1v) is 12.0. The Labute approximate surface area is 188 Å². The first-order chi connectivity index (χ1) is 15.1. The van der Waals surface area contributed by atoms with Crippen LogP contribution in [0.5, 0.6) is 5.75 Å². The third-order valence-corrected chi connectivity index (χ3v) is 7.50. The van der Waals surface area contributed by atoms with E-state index in [1.165, 1.54) is 5.56 Å². The first kappa shape index (κ1) is 21.8. The predicted molar refractivity (Wildman–Crippen MR) is 125 cm³/mol. The van der Waals surface area contributed by atoms with Gasteiger partial charge in [-0.1, -0.05) is 43.2 Å². The second-order valence-corrected chi connectivity index (χ2v) is 9.46. The molecule has 0 aromatic heterocycles. The van der Waals surface area contributed by atoms with Crippen molar-refractivity contribution in [3.05, 3.63) is 54.1 Å². The SMILES string of the molecule is COc1ccccc1C1(CNC(=O)CCC(=O)N2CCSc3ccccc32)CCCC1. The van der Waals surface area contributed by atoms with Gasteiger partial charge in [0, 0.05) is 47.6 Å². The average molecular weight is 439 g/mol. The summed E-state index contributed by atoms with van der Waals surface area (Å²) in [6.45, 7) is 1.28. The molecular weight excluding hydrogens is 408 g/mol. The molecule has 0 saturated heterocycles. The Balaban J connectivity index is 1.35. The Morgan fingerprint density at radius 2 is 1.81 bits per heavy atom. The lowest BCUT2D eigenvalue weighted by atomic mass is 9.78. The van der Waals surface area contributed by atoms with Gasteiger partial charge in [0.1, 0.15) is 5.75 Å². The van der Waals surface area contributed by atoms with Gasteiger partial charge in [-0.05, 0) is 31.0 Å². The van der Waals surface area contributed by atoms with Crippen LogP contribution >= 0.6 is 11.8 Å². The zero-order valence-corrected chi connectivity index (χ0v) is 18.9. The summed E-state index contributed by atoms with van der Waals surface area (Å²) in [4.78, 5) is 28.4. The fourth-order valence-corrected chi connectivity index (χ4v) is 5.81. The number of thioether (sulfide) groups is 1. The number of hydrogen-bond donors (Lipinski definition) is 1. The highest BCUT2D eigenvalue weighted by Crippen LogP contribution is 2.44. The van der Waals surface area contributed by atoms with E-state index < -0.39 is 0 Å². The minimum atomic E-state index is -0.0880. The number of carbonyl (C=O) groups excluding carboxylic acids is 2. The molecule has 1 aliphatic carbocycles. The van der Waals surface area contributed by atoms with E-state index >= 15 is 0 Å². The van der Waals surface area contributed by atoms with Crippen LogP contribution in [0.3, 0.4) is 0 Å². The van der Waals surface area contributed by atoms with Crippen LogP contribution in [0.4, 0.5) is 5.69 Å². The lowest BCUT2D eigenvalue weighted by molar-refractivity contribution is -0.125. The van der Waals surface area contributed by atoms with Crippen molar-refractivity contribution >= 4 is 29.3 Å². The molecule has 5 nitrogen and oxygen atoms in total. The van der Waals surface area contributed by atoms with Gasteiger partial charge >= 0.3 is 0 Å². The summed E-state index contributed by atoms with van der Waals surface area (Å²) < 4.78 is 5.60. The van der Waals surface area contributed by atoms with E-state index in [0.717, 1.165) is 47.8 Å². The number of hydrogen-bond acceptors (Lipinski definition) is 4. The summed E-state index contributed by atoms with van der Waals surface area (Å²) in [5.74, 6) is 1.73. The molecule has 1 aliphatic heterocycles.